The van der Waals surface area contributed by atoms with Crippen molar-refractivity contribution in [2.75, 3.05) is 18.4 Å². The van der Waals surface area contributed by atoms with Crippen LogP contribution >= 0.6 is 11.6 Å². The number of nitrogens with zero attached hydrogens (tertiary/aromatic N) is 1. The van der Waals surface area contributed by atoms with Crippen molar-refractivity contribution in [1.82, 2.24) is 9.88 Å². The maximum atomic E-state index is 12.7. The Morgan fingerprint density at radius 2 is 1.85 bits per heavy atom. The summed E-state index contributed by atoms with van der Waals surface area (Å²) in [6.07, 6.45) is 10.1. The Morgan fingerprint density at radius 3 is 2.59 bits per heavy atom. The molecule has 2 fully saturated rings. The second-order valence-electron chi connectivity index (χ2n) is 7.82. The number of piperidine rings is 1. The van der Waals surface area contributed by atoms with Crippen molar-refractivity contribution in [3.8, 4) is 0 Å². The van der Waals surface area contributed by atoms with Gasteiger partial charge in [-0.15, -0.1) is 0 Å². The minimum absolute atomic E-state index is 0.0239. The van der Waals surface area contributed by atoms with E-state index in [0.29, 0.717) is 16.1 Å². The van der Waals surface area contributed by atoms with E-state index in [1.165, 1.54) is 32.1 Å². The highest BCUT2D eigenvalue weighted by Crippen LogP contribution is 2.30. The Hall–Kier alpha value is -1.85. The van der Waals surface area contributed by atoms with Gasteiger partial charge in [0.25, 0.3) is 5.56 Å². The number of carbonyl (C=O) groups excluding carboxylic acids is 1. The summed E-state index contributed by atoms with van der Waals surface area (Å²) in [6, 6.07) is 5.93. The number of hydrogen-bond donors (Lipinski definition) is 2. The number of benzene rings is 1. The number of aromatic nitrogens is 1. The number of amides is 1. The number of H-pyrrole nitrogens is 1. The molecule has 2 N–H and O–H groups in total. The van der Waals surface area contributed by atoms with E-state index in [1.54, 1.807) is 18.3 Å². The highest BCUT2D eigenvalue weighted by Gasteiger charge is 2.29. The average molecular weight is 388 g/mol. The number of nitrogens with one attached hydrogen (secondary N) is 2. The zero-order valence-electron chi connectivity index (χ0n) is 15.5. The van der Waals surface area contributed by atoms with Gasteiger partial charge in [-0.05, 0) is 62.4 Å². The van der Waals surface area contributed by atoms with Crippen LogP contribution in [0.25, 0.3) is 10.8 Å². The number of aromatic amines is 1. The number of fused-ring (bicyclic) bond motifs is 1. The zero-order valence-corrected chi connectivity index (χ0v) is 16.2. The van der Waals surface area contributed by atoms with Crippen LogP contribution in [0.2, 0.25) is 5.02 Å². The molecule has 2 heterocycles. The van der Waals surface area contributed by atoms with Crippen LogP contribution in [0.15, 0.2) is 29.2 Å². The minimum atomic E-state index is -0.178. The minimum Gasteiger partial charge on any atom is -0.329 e. The molecule has 0 unspecified atom stereocenters. The van der Waals surface area contributed by atoms with Gasteiger partial charge in [0.05, 0.1) is 10.7 Å². The van der Waals surface area contributed by atoms with E-state index in [1.807, 2.05) is 6.07 Å². The highest BCUT2D eigenvalue weighted by molar-refractivity contribution is 6.34. The summed E-state index contributed by atoms with van der Waals surface area (Å²) in [7, 11) is 0. The standard InChI is InChI=1S/C21H26ClN3O2/c22-18-13-17-15(6-9-23-21(17)27)12-19(18)24-20(26)14-7-10-25(11-8-14)16-4-2-1-3-5-16/h6,9,12-14,16H,1-5,7-8,10-11H2,(H,23,27)(H,24,26). The molecule has 1 aliphatic heterocycles. The molecular formula is C21H26ClN3O2. The molecule has 1 aromatic heterocycles. The lowest BCUT2D eigenvalue weighted by atomic mass is 9.90. The fourth-order valence-corrected chi connectivity index (χ4v) is 4.72. The van der Waals surface area contributed by atoms with E-state index in [-0.39, 0.29) is 17.4 Å². The molecule has 2 aromatic rings. The number of likely N-dealkylation sites (tertiary alicyclic amines) is 1. The van der Waals surface area contributed by atoms with E-state index in [4.69, 9.17) is 11.6 Å². The van der Waals surface area contributed by atoms with Gasteiger partial charge in [0.2, 0.25) is 5.91 Å². The number of carbonyl (C=O) groups is 1. The van der Waals surface area contributed by atoms with Gasteiger partial charge in [0.1, 0.15) is 0 Å². The molecule has 1 amide bonds. The fourth-order valence-electron chi connectivity index (χ4n) is 4.51. The van der Waals surface area contributed by atoms with Crippen molar-refractivity contribution >= 4 is 34.0 Å². The van der Waals surface area contributed by atoms with Crippen molar-refractivity contribution in [2.24, 2.45) is 5.92 Å². The molecule has 5 nitrogen and oxygen atoms in total. The highest BCUT2D eigenvalue weighted by atomic mass is 35.5. The summed E-state index contributed by atoms with van der Waals surface area (Å²) in [4.78, 5) is 29.8. The molecular weight excluding hydrogens is 362 g/mol. The van der Waals surface area contributed by atoms with Crippen LogP contribution < -0.4 is 10.9 Å². The van der Waals surface area contributed by atoms with Crippen LogP contribution in [-0.2, 0) is 4.79 Å². The van der Waals surface area contributed by atoms with Gasteiger partial charge < -0.3 is 15.2 Å². The monoisotopic (exact) mass is 387 g/mol. The molecule has 27 heavy (non-hydrogen) atoms. The van der Waals surface area contributed by atoms with Crippen molar-refractivity contribution in [2.45, 2.75) is 51.0 Å². The van der Waals surface area contributed by atoms with Crippen molar-refractivity contribution in [3.63, 3.8) is 0 Å². The summed E-state index contributed by atoms with van der Waals surface area (Å²) in [6.45, 7) is 2.01. The lowest BCUT2D eigenvalue weighted by Crippen LogP contribution is -2.44. The van der Waals surface area contributed by atoms with Crippen LogP contribution in [0, 0.1) is 5.92 Å². The van der Waals surface area contributed by atoms with Crippen molar-refractivity contribution < 1.29 is 4.79 Å². The maximum absolute atomic E-state index is 12.7. The lowest BCUT2D eigenvalue weighted by molar-refractivity contribution is -0.121. The third kappa shape index (κ3) is 4.04. The van der Waals surface area contributed by atoms with E-state index >= 15 is 0 Å². The molecule has 0 bridgehead atoms. The Labute approximate surface area is 164 Å². The first-order valence-electron chi connectivity index (χ1n) is 9.97. The first-order valence-corrected chi connectivity index (χ1v) is 10.4. The Morgan fingerprint density at radius 1 is 1.11 bits per heavy atom. The van der Waals surface area contributed by atoms with Gasteiger partial charge in [0.15, 0.2) is 0 Å². The second-order valence-corrected chi connectivity index (χ2v) is 8.22. The van der Waals surface area contributed by atoms with Crippen molar-refractivity contribution in [3.05, 3.63) is 39.8 Å². The molecule has 2 aliphatic rings. The predicted molar refractivity (Wildman–Crippen MR) is 109 cm³/mol. The van der Waals surface area contributed by atoms with E-state index in [9.17, 15) is 9.59 Å². The fraction of sp³-hybridized carbons (Fsp3) is 0.524. The lowest BCUT2D eigenvalue weighted by Gasteiger charge is -2.38. The molecule has 1 aliphatic carbocycles. The number of hydrogen-bond acceptors (Lipinski definition) is 3. The quantitative estimate of drug-likeness (QED) is 0.830. The first-order chi connectivity index (χ1) is 13.1. The van der Waals surface area contributed by atoms with Gasteiger partial charge in [-0.2, -0.15) is 0 Å². The number of anilines is 1. The zero-order chi connectivity index (χ0) is 18.8. The van der Waals surface area contributed by atoms with Gasteiger partial charge in [-0.1, -0.05) is 30.9 Å². The van der Waals surface area contributed by atoms with Gasteiger partial charge in [-0.25, -0.2) is 0 Å². The summed E-state index contributed by atoms with van der Waals surface area (Å²) >= 11 is 6.31. The predicted octanol–water partition coefficient (Wildman–Crippen LogP) is 4.16. The molecule has 1 saturated carbocycles. The molecule has 0 atom stereocenters. The molecule has 144 valence electrons. The SMILES string of the molecule is O=C(Nc1cc2cc[nH]c(=O)c2cc1Cl)C1CCN(C2CCCCC2)CC1. The summed E-state index contributed by atoms with van der Waals surface area (Å²) in [5.41, 5.74) is 0.400. The number of pyridine rings is 1. The van der Waals surface area contributed by atoms with Gasteiger partial charge in [-0.3, -0.25) is 9.59 Å². The topological polar surface area (TPSA) is 65.2 Å². The van der Waals surface area contributed by atoms with Crippen LogP contribution in [-0.4, -0.2) is 34.9 Å². The van der Waals surface area contributed by atoms with Crippen LogP contribution in [0.1, 0.15) is 44.9 Å². The largest absolute Gasteiger partial charge is 0.329 e. The summed E-state index contributed by atoms with van der Waals surface area (Å²) in [5, 5.41) is 4.68. The van der Waals surface area contributed by atoms with Gasteiger partial charge in [0, 0.05) is 23.5 Å². The smallest absolute Gasteiger partial charge is 0.255 e. The van der Waals surface area contributed by atoms with Crippen LogP contribution in [0.5, 0.6) is 0 Å². The third-order valence-corrected chi connectivity index (χ3v) is 6.42. The normalized spacial score (nSPS) is 20.0. The molecule has 0 spiro atoms. The van der Waals surface area contributed by atoms with E-state index < -0.39 is 0 Å². The molecule has 4 rings (SSSR count). The van der Waals surface area contributed by atoms with Crippen LogP contribution in [0.3, 0.4) is 0 Å². The summed E-state index contributed by atoms with van der Waals surface area (Å²) < 4.78 is 0. The third-order valence-electron chi connectivity index (χ3n) is 6.11. The van der Waals surface area contributed by atoms with E-state index in [0.717, 1.165) is 37.4 Å². The molecule has 6 heteroatoms. The number of rotatable bonds is 3. The van der Waals surface area contributed by atoms with Crippen molar-refractivity contribution in [1.29, 1.82) is 0 Å². The summed E-state index contributed by atoms with van der Waals surface area (Å²) in [5.74, 6) is 0.0557. The first kappa shape index (κ1) is 18.5. The van der Waals surface area contributed by atoms with Crippen LogP contribution in [0.4, 0.5) is 5.69 Å². The Balaban J connectivity index is 1.40. The van der Waals surface area contributed by atoms with Gasteiger partial charge >= 0.3 is 0 Å². The number of halogens is 1. The Bertz CT molecular complexity index is 881. The molecule has 1 aromatic carbocycles. The molecule has 0 radical (unpaired) electrons. The van der Waals surface area contributed by atoms with E-state index in [2.05, 4.69) is 15.2 Å². The second kappa shape index (κ2) is 8.03. The maximum Gasteiger partial charge on any atom is 0.255 e. The average Bonchev–Trinajstić information content (AvgIpc) is 2.70. The molecule has 1 saturated heterocycles. The Kier molecular flexibility index (Phi) is 5.50.